The van der Waals surface area contributed by atoms with Crippen LogP contribution in [0.3, 0.4) is 0 Å². The smallest absolute Gasteiger partial charge is 0.263 e. The van der Waals surface area contributed by atoms with E-state index in [0.717, 1.165) is 0 Å². The summed E-state index contributed by atoms with van der Waals surface area (Å²) in [6.45, 7) is 0. The monoisotopic (exact) mass is 408 g/mol. The molecule has 1 aromatic carbocycles. The second kappa shape index (κ2) is 5.56. The minimum atomic E-state index is -3.88. The van der Waals surface area contributed by atoms with Crippen molar-refractivity contribution in [3.05, 3.63) is 51.4 Å². The minimum absolute atomic E-state index is 0.0544. The van der Waals surface area contributed by atoms with Crippen LogP contribution in [-0.2, 0) is 10.0 Å². The second-order valence-electron chi connectivity index (χ2n) is 3.57. The molecule has 100 valence electrons. The van der Waals surface area contributed by atoms with Crippen molar-refractivity contribution >= 4 is 47.6 Å². The Morgan fingerprint density at radius 3 is 2.53 bits per heavy atom. The lowest BCUT2D eigenvalue weighted by Crippen LogP contribution is -2.14. The Labute approximate surface area is 126 Å². The summed E-state index contributed by atoms with van der Waals surface area (Å²) in [7, 11) is -3.88. The first-order valence-electron chi connectivity index (χ1n) is 4.97. The van der Waals surface area contributed by atoms with Crippen molar-refractivity contribution < 1.29 is 12.8 Å². The van der Waals surface area contributed by atoms with Crippen molar-refractivity contribution in [1.29, 1.82) is 0 Å². The lowest BCUT2D eigenvalue weighted by molar-refractivity contribution is 0.598. The van der Waals surface area contributed by atoms with Crippen LogP contribution in [0.5, 0.6) is 0 Å². The number of hydrogen-bond donors (Lipinski definition) is 1. The molecular weight excluding hydrogens is 403 g/mol. The zero-order chi connectivity index (χ0) is 14.0. The summed E-state index contributed by atoms with van der Waals surface area (Å²) < 4.78 is 40.9. The van der Waals surface area contributed by atoms with Crippen LogP contribution < -0.4 is 4.72 Å². The highest BCUT2D eigenvalue weighted by atomic mass is 79.9. The van der Waals surface area contributed by atoms with Gasteiger partial charge in [0.05, 0.1) is 5.69 Å². The molecule has 0 aliphatic rings. The molecule has 2 aromatic rings. The normalized spacial score (nSPS) is 11.3. The third-order valence-electron chi connectivity index (χ3n) is 2.16. The second-order valence-corrected chi connectivity index (χ2v) is 7.08. The third kappa shape index (κ3) is 3.52. The van der Waals surface area contributed by atoms with Gasteiger partial charge in [0.2, 0.25) is 0 Å². The predicted octanol–water partition coefficient (Wildman–Crippen LogP) is 3.55. The molecule has 4 nitrogen and oxygen atoms in total. The Morgan fingerprint density at radius 1 is 1.11 bits per heavy atom. The van der Waals surface area contributed by atoms with Crippen molar-refractivity contribution in [3.63, 3.8) is 0 Å². The van der Waals surface area contributed by atoms with Crippen molar-refractivity contribution in [2.45, 2.75) is 4.90 Å². The van der Waals surface area contributed by atoms with Crippen molar-refractivity contribution in [3.8, 4) is 0 Å². The van der Waals surface area contributed by atoms with Gasteiger partial charge in [0.15, 0.2) is 0 Å². The van der Waals surface area contributed by atoms with Crippen LogP contribution in [0, 0.1) is 5.82 Å². The van der Waals surface area contributed by atoms with Crippen LogP contribution >= 0.6 is 31.9 Å². The number of nitrogens with zero attached hydrogens (tertiary/aromatic N) is 1. The lowest BCUT2D eigenvalue weighted by Gasteiger charge is -2.09. The summed E-state index contributed by atoms with van der Waals surface area (Å²) in [5, 5.41) is 0. The van der Waals surface area contributed by atoms with Crippen LogP contribution in [0.15, 0.2) is 50.5 Å². The number of pyridine rings is 1. The van der Waals surface area contributed by atoms with E-state index in [1.807, 2.05) is 0 Å². The maximum Gasteiger partial charge on any atom is 0.263 e. The average Bonchev–Trinajstić information content (AvgIpc) is 2.33. The van der Waals surface area contributed by atoms with Gasteiger partial charge in [0.25, 0.3) is 10.0 Å². The van der Waals surface area contributed by atoms with Crippen molar-refractivity contribution in [2.24, 2.45) is 0 Å². The van der Waals surface area contributed by atoms with E-state index in [0.29, 0.717) is 8.95 Å². The maximum atomic E-state index is 13.5. The molecule has 19 heavy (non-hydrogen) atoms. The van der Waals surface area contributed by atoms with Crippen molar-refractivity contribution in [2.75, 3.05) is 4.72 Å². The first-order chi connectivity index (χ1) is 8.88. The first kappa shape index (κ1) is 14.4. The maximum absolute atomic E-state index is 13.5. The number of halogens is 3. The molecule has 0 unspecified atom stereocenters. The Morgan fingerprint density at radius 2 is 1.84 bits per heavy atom. The molecule has 0 bridgehead atoms. The predicted molar refractivity (Wildman–Crippen MR) is 76.8 cm³/mol. The molecule has 0 fully saturated rings. The minimum Gasteiger partial charge on any atom is -0.277 e. The van der Waals surface area contributed by atoms with E-state index in [1.165, 1.54) is 36.7 Å². The summed E-state index contributed by atoms with van der Waals surface area (Å²) in [5.41, 5.74) is -0.130. The highest BCUT2D eigenvalue weighted by molar-refractivity contribution is 9.10. The van der Waals surface area contributed by atoms with Gasteiger partial charge in [-0.15, -0.1) is 0 Å². The van der Waals surface area contributed by atoms with E-state index < -0.39 is 15.8 Å². The van der Waals surface area contributed by atoms with Gasteiger partial charge in [-0.2, -0.15) is 0 Å². The van der Waals surface area contributed by atoms with Gasteiger partial charge in [-0.25, -0.2) is 12.8 Å². The van der Waals surface area contributed by atoms with E-state index in [4.69, 9.17) is 0 Å². The molecular formula is C11H7Br2FN2O2S. The highest BCUT2D eigenvalue weighted by Gasteiger charge is 2.17. The topological polar surface area (TPSA) is 59.1 Å². The Balaban J connectivity index is 2.39. The fourth-order valence-corrected chi connectivity index (χ4v) is 3.24. The zero-order valence-electron chi connectivity index (χ0n) is 9.27. The van der Waals surface area contributed by atoms with Crippen LogP contribution in [0.2, 0.25) is 0 Å². The van der Waals surface area contributed by atoms with Gasteiger partial charge >= 0.3 is 0 Å². The Hall–Kier alpha value is -0.990. The number of hydrogen-bond acceptors (Lipinski definition) is 3. The van der Waals surface area contributed by atoms with E-state index >= 15 is 0 Å². The SMILES string of the molecule is O=S(=O)(Nc1cc(Br)ccc1F)c1cncc(Br)c1. The highest BCUT2D eigenvalue weighted by Crippen LogP contribution is 2.23. The number of aromatic nitrogens is 1. The fraction of sp³-hybridized carbons (Fsp3) is 0. The number of nitrogens with one attached hydrogen (secondary N) is 1. The van der Waals surface area contributed by atoms with E-state index in [2.05, 4.69) is 41.6 Å². The van der Waals surface area contributed by atoms with Gasteiger partial charge in [-0.1, -0.05) is 15.9 Å². The van der Waals surface area contributed by atoms with Crippen molar-refractivity contribution in [1.82, 2.24) is 4.98 Å². The summed E-state index contributed by atoms with van der Waals surface area (Å²) in [4.78, 5) is 3.71. The molecule has 0 amide bonds. The standard InChI is InChI=1S/C11H7Br2FN2O2S/c12-7-1-2-10(14)11(4-7)16-19(17,18)9-3-8(13)5-15-6-9/h1-6,16H. The molecule has 1 aromatic heterocycles. The zero-order valence-corrected chi connectivity index (χ0v) is 13.3. The van der Waals surface area contributed by atoms with Crippen LogP contribution in [0.1, 0.15) is 0 Å². The van der Waals surface area contributed by atoms with Gasteiger partial charge in [-0.05, 0) is 40.2 Å². The molecule has 0 saturated heterocycles. The van der Waals surface area contributed by atoms with E-state index in [-0.39, 0.29) is 10.6 Å². The average molecular weight is 410 g/mol. The molecule has 2 rings (SSSR count). The summed E-state index contributed by atoms with van der Waals surface area (Å²) in [5.74, 6) is -0.658. The van der Waals surface area contributed by atoms with Gasteiger partial charge in [-0.3, -0.25) is 9.71 Å². The van der Waals surface area contributed by atoms with Gasteiger partial charge < -0.3 is 0 Å². The molecule has 8 heteroatoms. The lowest BCUT2D eigenvalue weighted by atomic mass is 10.3. The third-order valence-corrected chi connectivity index (χ3v) is 4.42. The molecule has 0 aliphatic carbocycles. The molecule has 0 radical (unpaired) electrons. The Kier molecular flexibility index (Phi) is 4.22. The van der Waals surface area contributed by atoms with Crippen LogP contribution in [0.25, 0.3) is 0 Å². The molecule has 0 atom stereocenters. The van der Waals surface area contributed by atoms with Crippen LogP contribution in [-0.4, -0.2) is 13.4 Å². The first-order valence-corrected chi connectivity index (χ1v) is 8.04. The number of sulfonamides is 1. The number of benzene rings is 1. The fourth-order valence-electron chi connectivity index (χ4n) is 1.32. The number of anilines is 1. The van der Waals surface area contributed by atoms with Crippen LogP contribution in [0.4, 0.5) is 10.1 Å². The molecule has 1 N–H and O–H groups in total. The summed E-state index contributed by atoms with van der Waals surface area (Å²) in [6.07, 6.45) is 2.64. The summed E-state index contributed by atoms with van der Waals surface area (Å²) in [6, 6.07) is 5.37. The quantitative estimate of drug-likeness (QED) is 0.843. The van der Waals surface area contributed by atoms with Gasteiger partial charge in [0.1, 0.15) is 10.7 Å². The number of rotatable bonds is 3. The molecule has 0 aliphatic heterocycles. The largest absolute Gasteiger partial charge is 0.277 e. The molecule has 0 spiro atoms. The van der Waals surface area contributed by atoms with E-state index in [1.54, 1.807) is 0 Å². The Bertz CT molecular complexity index is 722. The van der Waals surface area contributed by atoms with Gasteiger partial charge in [0, 0.05) is 21.3 Å². The summed E-state index contributed by atoms with van der Waals surface area (Å²) >= 11 is 6.28. The molecule has 1 heterocycles. The van der Waals surface area contributed by atoms with E-state index in [9.17, 15) is 12.8 Å². The molecule has 0 saturated carbocycles.